The van der Waals surface area contributed by atoms with E-state index in [1.165, 1.54) is 0 Å². The van der Waals surface area contributed by atoms with Crippen molar-refractivity contribution in [3.8, 4) is 0 Å². The second-order valence-electron chi connectivity index (χ2n) is 5.11. The molecule has 0 saturated carbocycles. The van der Waals surface area contributed by atoms with Gasteiger partial charge in [0.25, 0.3) is 0 Å². The van der Waals surface area contributed by atoms with Crippen LogP contribution in [-0.2, 0) is 18.9 Å². The van der Waals surface area contributed by atoms with Gasteiger partial charge in [-0.3, -0.25) is 0 Å². The summed E-state index contributed by atoms with van der Waals surface area (Å²) in [6.45, 7) is 6.27. The highest BCUT2D eigenvalue weighted by Crippen LogP contribution is 2.10. The third-order valence-corrected chi connectivity index (χ3v) is 3.04. The molecule has 0 N–H and O–H groups in total. The number of hydrogen-bond acceptors (Lipinski definition) is 4. The van der Waals surface area contributed by atoms with Crippen LogP contribution in [0, 0.1) is 0 Å². The van der Waals surface area contributed by atoms with Gasteiger partial charge in [-0.15, -0.1) is 0 Å². The van der Waals surface area contributed by atoms with E-state index in [2.05, 4.69) is 13.8 Å². The van der Waals surface area contributed by atoms with E-state index in [-0.39, 0.29) is 6.29 Å². The zero-order chi connectivity index (χ0) is 15.6. The van der Waals surface area contributed by atoms with E-state index in [9.17, 15) is 0 Å². The first-order chi connectivity index (χ1) is 10.3. The highest BCUT2D eigenvalue weighted by molar-refractivity contribution is 4.72. The molecule has 0 unspecified atom stereocenters. The summed E-state index contributed by atoms with van der Waals surface area (Å²) >= 11 is 0. The molecule has 4 nitrogen and oxygen atoms in total. The van der Waals surface area contributed by atoms with Gasteiger partial charge in [-0.05, 0) is 44.6 Å². The molecule has 0 fully saturated rings. The fourth-order valence-electron chi connectivity index (χ4n) is 1.75. The average Bonchev–Trinajstić information content (AvgIpc) is 2.49. The standard InChI is InChI=1S/C17H34O4/c1-4-6-14-20-17(21-15-7-5-2)12-10-8-9-11-13-19-16-18-3/h11,13,17H,4-10,12,14-16H2,1-3H3. The highest BCUT2D eigenvalue weighted by Gasteiger charge is 2.08. The molecular formula is C17H34O4. The molecule has 0 aromatic heterocycles. The van der Waals surface area contributed by atoms with Crippen LogP contribution in [-0.4, -0.2) is 33.4 Å². The fraction of sp³-hybridized carbons (Fsp3) is 0.882. The van der Waals surface area contributed by atoms with E-state index in [0.29, 0.717) is 6.79 Å². The van der Waals surface area contributed by atoms with Crippen LogP contribution >= 0.6 is 0 Å². The number of ether oxygens (including phenoxy) is 4. The molecule has 0 rings (SSSR count). The molecule has 4 heteroatoms. The van der Waals surface area contributed by atoms with Gasteiger partial charge in [-0.2, -0.15) is 0 Å². The van der Waals surface area contributed by atoms with Crippen LogP contribution < -0.4 is 0 Å². The number of methoxy groups -OCH3 is 1. The maximum absolute atomic E-state index is 5.81. The van der Waals surface area contributed by atoms with Gasteiger partial charge >= 0.3 is 0 Å². The first-order valence-corrected chi connectivity index (χ1v) is 8.33. The Morgan fingerprint density at radius 3 is 2.14 bits per heavy atom. The Morgan fingerprint density at radius 2 is 1.57 bits per heavy atom. The van der Waals surface area contributed by atoms with E-state index >= 15 is 0 Å². The zero-order valence-electron chi connectivity index (χ0n) is 14.1. The monoisotopic (exact) mass is 302 g/mol. The minimum atomic E-state index is -0.0307. The SMILES string of the molecule is CCCCOC(CCCCC=COCOC)OCCCC. The van der Waals surface area contributed by atoms with Crippen LogP contribution in [0.4, 0.5) is 0 Å². The lowest BCUT2D eigenvalue weighted by Gasteiger charge is -2.18. The fourth-order valence-corrected chi connectivity index (χ4v) is 1.75. The van der Waals surface area contributed by atoms with Crippen molar-refractivity contribution in [1.29, 1.82) is 0 Å². The second kappa shape index (κ2) is 17.5. The smallest absolute Gasteiger partial charge is 0.187 e. The van der Waals surface area contributed by atoms with Crippen molar-refractivity contribution < 1.29 is 18.9 Å². The van der Waals surface area contributed by atoms with Crippen molar-refractivity contribution in [1.82, 2.24) is 0 Å². The predicted octanol–water partition coefficient (Wildman–Crippen LogP) is 4.64. The lowest BCUT2D eigenvalue weighted by molar-refractivity contribution is -0.147. The number of allylic oxidation sites excluding steroid dienone is 1. The molecule has 0 aliphatic heterocycles. The maximum Gasteiger partial charge on any atom is 0.187 e. The van der Waals surface area contributed by atoms with Crippen molar-refractivity contribution in [3.05, 3.63) is 12.3 Å². The van der Waals surface area contributed by atoms with Crippen LogP contribution in [0.3, 0.4) is 0 Å². The van der Waals surface area contributed by atoms with Gasteiger partial charge in [0, 0.05) is 20.3 Å². The molecule has 0 bridgehead atoms. The summed E-state index contributed by atoms with van der Waals surface area (Å²) < 4.78 is 21.5. The molecule has 0 radical (unpaired) electrons. The van der Waals surface area contributed by atoms with Gasteiger partial charge in [0.15, 0.2) is 13.1 Å². The summed E-state index contributed by atoms with van der Waals surface area (Å²) in [5.41, 5.74) is 0. The second-order valence-corrected chi connectivity index (χ2v) is 5.11. The van der Waals surface area contributed by atoms with Gasteiger partial charge in [0.05, 0.1) is 6.26 Å². The average molecular weight is 302 g/mol. The van der Waals surface area contributed by atoms with E-state index in [0.717, 1.165) is 64.6 Å². The van der Waals surface area contributed by atoms with Crippen LogP contribution in [0.15, 0.2) is 12.3 Å². The lowest BCUT2D eigenvalue weighted by atomic mass is 10.2. The van der Waals surface area contributed by atoms with Crippen molar-refractivity contribution in [3.63, 3.8) is 0 Å². The maximum atomic E-state index is 5.81. The zero-order valence-corrected chi connectivity index (χ0v) is 14.1. The normalized spacial score (nSPS) is 11.6. The minimum Gasteiger partial charge on any atom is -0.476 e. The van der Waals surface area contributed by atoms with Crippen molar-refractivity contribution >= 4 is 0 Å². The Labute approximate surface area is 130 Å². The van der Waals surface area contributed by atoms with E-state index in [1.54, 1.807) is 13.4 Å². The Kier molecular flexibility index (Phi) is 17.0. The molecule has 0 heterocycles. The van der Waals surface area contributed by atoms with Crippen molar-refractivity contribution in [2.75, 3.05) is 27.1 Å². The van der Waals surface area contributed by atoms with Crippen LogP contribution in [0.2, 0.25) is 0 Å². The van der Waals surface area contributed by atoms with Crippen LogP contribution in [0.1, 0.15) is 65.2 Å². The first kappa shape index (κ1) is 20.4. The van der Waals surface area contributed by atoms with Crippen LogP contribution in [0.5, 0.6) is 0 Å². The Bertz CT molecular complexity index is 209. The molecule has 0 atom stereocenters. The van der Waals surface area contributed by atoms with Gasteiger partial charge in [0.2, 0.25) is 0 Å². The molecule has 0 aliphatic carbocycles. The van der Waals surface area contributed by atoms with Gasteiger partial charge in [0.1, 0.15) is 0 Å². The Hall–Kier alpha value is -0.580. The molecular weight excluding hydrogens is 268 g/mol. The van der Waals surface area contributed by atoms with Gasteiger partial charge in [-0.1, -0.05) is 26.7 Å². The minimum absolute atomic E-state index is 0.0307. The van der Waals surface area contributed by atoms with E-state index < -0.39 is 0 Å². The number of hydrogen-bond donors (Lipinski definition) is 0. The van der Waals surface area contributed by atoms with E-state index in [1.807, 2.05) is 6.08 Å². The highest BCUT2D eigenvalue weighted by atomic mass is 16.7. The molecule has 0 amide bonds. The summed E-state index contributed by atoms with van der Waals surface area (Å²) in [6, 6.07) is 0. The largest absolute Gasteiger partial charge is 0.476 e. The summed E-state index contributed by atoms with van der Waals surface area (Å²) in [5.74, 6) is 0. The molecule has 0 spiro atoms. The summed E-state index contributed by atoms with van der Waals surface area (Å²) in [5, 5.41) is 0. The molecule has 0 aromatic rings. The summed E-state index contributed by atoms with van der Waals surface area (Å²) in [4.78, 5) is 0. The van der Waals surface area contributed by atoms with Crippen molar-refractivity contribution in [2.24, 2.45) is 0 Å². The number of unbranched alkanes of at least 4 members (excludes halogenated alkanes) is 4. The quantitative estimate of drug-likeness (QED) is 0.236. The third kappa shape index (κ3) is 15.6. The summed E-state index contributed by atoms with van der Waals surface area (Å²) in [6.07, 6.45) is 12.5. The predicted molar refractivity (Wildman–Crippen MR) is 86.1 cm³/mol. The topological polar surface area (TPSA) is 36.9 Å². The molecule has 21 heavy (non-hydrogen) atoms. The molecule has 0 aromatic carbocycles. The molecule has 0 saturated heterocycles. The third-order valence-electron chi connectivity index (χ3n) is 3.04. The number of rotatable bonds is 16. The van der Waals surface area contributed by atoms with Gasteiger partial charge < -0.3 is 18.9 Å². The first-order valence-electron chi connectivity index (χ1n) is 8.33. The summed E-state index contributed by atoms with van der Waals surface area (Å²) in [7, 11) is 1.62. The lowest BCUT2D eigenvalue weighted by Crippen LogP contribution is -2.18. The Morgan fingerprint density at radius 1 is 0.905 bits per heavy atom. The van der Waals surface area contributed by atoms with Crippen molar-refractivity contribution in [2.45, 2.75) is 71.5 Å². The molecule has 0 aliphatic rings. The van der Waals surface area contributed by atoms with Crippen LogP contribution in [0.25, 0.3) is 0 Å². The van der Waals surface area contributed by atoms with E-state index in [4.69, 9.17) is 18.9 Å². The Balaban J connectivity index is 3.65. The molecule has 126 valence electrons. The van der Waals surface area contributed by atoms with Gasteiger partial charge in [-0.25, -0.2) is 0 Å².